The summed E-state index contributed by atoms with van der Waals surface area (Å²) in [7, 11) is -3.47. The van der Waals surface area contributed by atoms with E-state index in [2.05, 4.69) is 11.8 Å². The molecule has 2 saturated heterocycles. The smallest absolute Gasteiger partial charge is 0.252 e. The van der Waals surface area contributed by atoms with Crippen LogP contribution in [0.15, 0.2) is 16.3 Å². The molecule has 1 atom stereocenters. The van der Waals surface area contributed by atoms with Gasteiger partial charge in [-0.1, -0.05) is 25.4 Å². The predicted octanol–water partition coefficient (Wildman–Crippen LogP) is 2.60. The topological polar surface area (TPSA) is 60.9 Å². The van der Waals surface area contributed by atoms with Crippen LogP contribution in [-0.2, 0) is 14.8 Å². The van der Waals surface area contributed by atoms with E-state index in [4.69, 9.17) is 11.6 Å². The van der Waals surface area contributed by atoms with Crippen molar-refractivity contribution in [1.29, 1.82) is 0 Å². The molecule has 152 valence electrons. The summed E-state index contributed by atoms with van der Waals surface area (Å²) < 4.78 is 27.7. The van der Waals surface area contributed by atoms with E-state index in [1.54, 1.807) is 12.1 Å². The zero-order valence-electron chi connectivity index (χ0n) is 15.9. The lowest BCUT2D eigenvalue weighted by Crippen LogP contribution is -2.51. The number of amides is 1. The maximum absolute atomic E-state index is 12.9. The van der Waals surface area contributed by atoms with Gasteiger partial charge >= 0.3 is 0 Å². The van der Waals surface area contributed by atoms with Gasteiger partial charge in [0.05, 0.1) is 4.34 Å². The van der Waals surface area contributed by atoms with Crippen LogP contribution in [0.3, 0.4) is 0 Å². The summed E-state index contributed by atoms with van der Waals surface area (Å²) in [5.41, 5.74) is 0. The molecule has 2 aliphatic heterocycles. The number of piperazine rings is 1. The molecule has 2 aliphatic rings. The Morgan fingerprint density at radius 1 is 1.19 bits per heavy atom. The van der Waals surface area contributed by atoms with E-state index in [0.29, 0.717) is 21.6 Å². The molecule has 0 radical (unpaired) electrons. The number of hydrogen-bond donors (Lipinski definition) is 0. The third-order valence-corrected chi connectivity index (χ3v) is 9.47. The lowest BCUT2D eigenvalue weighted by atomic mass is 9.85. The Hall–Kier alpha value is -0.670. The Balaban J connectivity index is 1.55. The molecule has 0 saturated carbocycles. The first-order chi connectivity index (χ1) is 12.8. The molecule has 0 unspecified atom stereocenters. The molecule has 6 nitrogen and oxygen atoms in total. The van der Waals surface area contributed by atoms with Crippen LogP contribution in [0.5, 0.6) is 0 Å². The Labute approximate surface area is 171 Å². The second-order valence-electron chi connectivity index (χ2n) is 7.35. The number of piperidine rings is 1. The number of rotatable bonds is 5. The van der Waals surface area contributed by atoms with E-state index in [1.807, 2.05) is 11.8 Å². The average Bonchev–Trinajstić information content (AvgIpc) is 3.14. The molecule has 1 aromatic heterocycles. The molecule has 0 bridgehead atoms. The average molecular weight is 434 g/mol. The molecular formula is C18H28ClN3O3S2. The Morgan fingerprint density at radius 3 is 2.33 bits per heavy atom. The van der Waals surface area contributed by atoms with E-state index < -0.39 is 10.0 Å². The first kappa shape index (κ1) is 21.0. The lowest BCUT2D eigenvalue weighted by molar-refractivity contribution is -0.139. The van der Waals surface area contributed by atoms with Crippen molar-refractivity contribution in [3.8, 4) is 0 Å². The van der Waals surface area contributed by atoms with Crippen molar-refractivity contribution in [2.45, 2.75) is 30.9 Å². The molecule has 0 aliphatic carbocycles. The van der Waals surface area contributed by atoms with Crippen molar-refractivity contribution in [2.75, 3.05) is 45.8 Å². The van der Waals surface area contributed by atoms with Crippen molar-refractivity contribution in [2.24, 2.45) is 11.8 Å². The van der Waals surface area contributed by atoms with Gasteiger partial charge in [-0.25, -0.2) is 8.42 Å². The summed E-state index contributed by atoms with van der Waals surface area (Å²) in [6.45, 7) is 9.57. The molecular weight excluding hydrogens is 406 g/mol. The third kappa shape index (κ3) is 4.67. The SMILES string of the molecule is CCN1CCN(C(=O)[C@@H](C)C2CCN(S(=O)(=O)c3ccc(Cl)s3)CC2)CC1. The van der Waals surface area contributed by atoms with E-state index in [-0.39, 0.29) is 17.7 Å². The van der Waals surface area contributed by atoms with Crippen LogP contribution >= 0.6 is 22.9 Å². The highest BCUT2D eigenvalue weighted by atomic mass is 35.5. The minimum Gasteiger partial charge on any atom is -0.340 e. The van der Waals surface area contributed by atoms with Gasteiger partial charge in [0.2, 0.25) is 5.91 Å². The van der Waals surface area contributed by atoms with Gasteiger partial charge in [0.1, 0.15) is 4.21 Å². The second kappa shape index (κ2) is 8.78. The summed E-state index contributed by atoms with van der Waals surface area (Å²) in [6.07, 6.45) is 1.44. The second-order valence-corrected chi connectivity index (χ2v) is 11.2. The number of halogens is 1. The van der Waals surface area contributed by atoms with Crippen LogP contribution in [0.1, 0.15) is 26.7 Å². The number of carbonyl (C=O) groups is 1. The van der Waals surface area contributed by atoms with Crippen molar-refractivity contribution < 1.29 is 13.2 Å². The van der Waals surface area contributed by atoms with E-state index in [0.717, 1.165) is 56.9 Å². The van der Waals surface area contributed by atoms with Crippen molar-refractivity contribution in [3.63, 3.8) is 0 Å². The fourth-order valence-electron chi connectivity index (χ4n) is 3.95. The minimum atomic E-state index is -3.47. The van der Waals surface area contributed by atoms with Gasteiger partial charge in [-0.15, -0.1) is 11.3 Å². The quantitative estimate of drug-likeness (QED) is 0.716. The number of thiophene rings is 1. The molecule has 1 amide bonds. The fraction of sp³-hybridized carbons (Fsp3) is 0.722. The maximum Gasteiger partial charge on any atom is 0.252 e. The Morgan fingerprint density at radius 2 is 1.81 bits per heavy atom. The maximum atomic E-state index is 12.9. The summed E-state index contributed by atoms with van der Waals surface area (Å²) in [6, 6.07) is 3.18. The highest BCUT2D eigenvalue weighted by Crippen LogP contribution is 2.32. The van der Waals surface area contributed by atoms with Crippen LogP contribution < -0.4 is 0 Å². The van der Waals surface area contributed by atoms with E-state index >= 15 is 0 Å². The first-order valence-electron chi connectivity index (χ1n) is 9.59. The zero-order chi connectivity index (χ0) is 19.6. The van der Waals surface area contributed by atoms with Gasteiger partial charge in [-0.3, -0.25) is 4.79 Å². The Bertz CT molecular complexity index is 752. The predicted molar refractivity (Wildman–Crippen MR) is 109 cm³/mol. The van der Waals surface area contributed by atoms with Crippen LogP contribution in [0.2, 0.25) is 4.34 Å². The molecule has 0 spiro atoms. The summed E-state index contributed by atoms with van der Waals surface area (Å²) in [5, 5.41) is 0. The molecule has 0 N–H and O–H groups in total. The third-order valence-electron chi connectivity index (χ3n) is 5.87. The van der Waals surface area contributed by atoms with Crippen molar-refractivity contribution in [3.05, 3.63) is 16.5 Å². The highest BCUT2D eigenvalue weighted by Gasteiger charge is 2.35. The molecule has 3 rings (SSSR count). The highest BCUT2D eigenvalue weighted by molar-refractivity contribution is 7.91. The summed E-state index contributed by atoms with van der Waals surface area (Å²) in [5.74, 6) is 0.399. The summed E-state index contributed by atoms with van der Waals surface area (Å²) >= 11 is 6.98. The number of carbonyl (C=O) groups excluding carboxylic acids is 1. The van der Waals surface area contributed by atoms with Crippen molar-refractivity contribution in [1.82, 2.24) is 14.1 Å². The van der Waals surface area contributed by atoms with E-state index in [1.165, 1.54) is 4.31 Å². The van der Waals surface area contributed by atoms with Crippen molar-refractivity contribution >= 4 is 38.9 Å². The van der Waals surface area contributed by atoms with Gasteiger partial charge < -0.3 is 9.80 Å². The van der Waals surface area contributed by atoms with E-state index in [9.17, 15) is 13.2 Å². The molecule has 0 aromatic carbocycles. The standard InChI is InChI=1S/C18H28ClN3O3S2/c1-3-20-10-12-21(13-11-20)18(23)14(2)15-6-8-22(9-7-15)27(24,25)17-5-4-16(19)26-17/h4-5,14-15H,3,6-13H2,1-2H3/t14-/m0/s1. The Kier molecular flexibility index (Phi) is 6.84. The normalized spacial score (nSPS) is 22.1. The first-order valence-corrected chi connectivity index (χ1v) is 12.2. The number of nitrogens with zero attached hydrogens (tertiary/aromatic N) is 3. The number of hydrogen-bond acceptors (Lipinski definition) is 5. The zero-order valence-corrected chi connectivity index (χ0v) is 18.3. The van der Waals surface area contributed by atoms with Gasteiger partial charge in [0, 0.05) is 45.2 Å². The number of sulfonamides is 1. The minimum absolute atomic E-state index is 0.0563. The van der Waals surface area contributed by atoms with Gasteiger partial charge in [-0.05, 0) is 37.4 Å². The largest absolute Gasteiger partial charge is 0.340 e. The monoisotopic (exact) mass is 433 g/mol. The molecule has 2 fully saturated rings. The lowest BCUT2D eigenvalue weighted by Gasteiger charge is -2.38. The summed E-state index contributed by atoms with van der Waals surface area (Å²) in [4.78, 5) is 17.2. The van der Waals surface area contributed by atoms with Gasteiger partial charge in [0.25, 0.3) is 10.0 Å². The molecule has 27 heavy (non-hydrogen) atoms. The molecule has 1 aromatic rings. The number of likely N-dealkylation sites (N-methyl/N-ethyl adjacent to an activating group) is 1. The molecule has 9 heteroatoms. The van der Waals surface area contributed by atoms with Gasteiger partial charge in [-0.2, -0.15) is 4.31 Å². The van der Waals surface area contributed by atoms with Crippen LogP contribution in [-0.4, -0.2) is 74.2 Å². The van der Waals surface area contributed by atoms with Crippen LogP contribution in [0.4, 0.5) is 0 Å². The molecule has 3 heterocycles. The van der Waals surface area contributed by atoms with Crippen LogP contribution in [0.25, 0.3) is 0 Å². The van der Waals surface area contributed by atoms with Crippen LogP contribution in [0, 0.1) is 11.8 Å². The van der Waals surface area contributed by atoms with Gasteiger partial charge in [0.15, 0.2) is 0 Å². The fourth-order valence-corrected chi connectivity index (χ4v) is 7.06.